The highest BCUT2D eigenvalue weighted by atomic mass is 19.4. The van der Waals surface area contributed by atoms with Gasteiger partial charge >= 0.3 is 18.1 Å². The van der Waals surface area contributed by atoms with Crippen LogP contribution < -0.4 is 0 Å². The van der Waals surface area contributed by atoms with E-state index in [2.05, 4.69) is 0 Å². The molecule has 0 bridgehead atoms. The van der Waals surface area contributed by atoms with Crippen molar-refractivity contribution in [2.45, 2.75) is 26.9 Å². The van der Waals surface area contributed by atoms with E-state index < -0.39 is 34.8 Å². The van der Waals surface area contributed by atoms with Gasteiger partial charge in [-0.1, -0.05) is 13.8 Å². The zero-order chi connectivity index (χ0) is 15.4. The third-order valence-corrected chi connectivity index (χ3v) is 2.13. The number of hydrogen-bond donors (Lipinski definition) is 2. The van der Waals surface area contributed by atoms with E-state index in [0.717, 1.165) is 6.92 Å². The number of halogens is 3. The zero-order valence-corrected chi connectivity index (χ0v) is 10.5. The number of aryl methyl sites for hydroxylation is 1. The van der Waals surface area contributed by atoms with E-state index in [9.17, 15) is 22.8 Å². The first kappa shape index (κ1) is 16.9. The minimum absolute atomic E-state index is 0.333. The number of carbonyl (C=O) groups is 2. The molecule has 19 heavy (non-hydrogen) atoms. The van der Waals surface area contributed by atoms with Crippen molar-refractivity contribution in [2.24, 2.45) is 0 Å². The average molecular weight is 278 g/mol. The molecule has 106 valence electrons. The predicted octanol–water partition coefficient (Wildman–Crippen LogP) is 3.44. The lowest BCUT2D eigenvalue weighted by molar-refractivity contribution is -0.138. The Morgan fingerprint density at radius 1 is 1.00 bits per heavy atom. The van der Waals surface area contributed by atoms with Gasteiger partial charge in [0.25, 0.3) is 0 Å². The minimum atomic E-state index is -4.72. The van der Waals surface area contributed by atoms with Crippen LogP contribution >= 0.6 is 0 Å². The molecule has 1 aromatic rings. The standard InChI is InChI=1S/C10H7F3O4.C2H6/c1-4-2-5(8(14)15)6(9(16)17)3-7(4)10(11,12)13;1-2/h2-3H,1H3,(H,14,15)(H,16,17);1-2H3. The summed E-state index contributed by atoms with van der Waals surface area (Å²) < 4.78 is 37.5. The Balaban J connectivity index is 0.00000154. The molecule has 0 aliphatic heterocycles. The Hall–Kier alpha value is -2.05. The highest BCUT2D eigenvalue weighted by Crippen LogP contribution is 2.33. The SMILES string of the molecule is CC.Cc1cc(C(=O)O)c(C(=O)O)cc1C(F)(F)F. The fourth-order valence-electron chi connectivity index (χ4n) is 1.37. The maximum Gasteiger partial charge on any atom is 0.416 e. The van der Waals surface area contributed by atoms with Crippen LogP contribution in [0.15, 0.2) is 12.1 Å². The van der Waals surface area contributed by atoms with Gasteiger partial charge in [-0.25, -0.2) is 9.59 Å². The molecule has 0 aromatic heterocycles. The molecule has 0 fully saturated rings. The van der Waals surface area contributed by atoms with Crippen molar-refractivity contribution in [3.63, 3.8) is 0 Å². The summed E-state index contributed by atoms with van der Waals surface area (Å²) in [5.41, 5.74) is -3.03. The van der Waals surface area contributed by atoms with Gasteiger partial charge in [0.1, 0.15) is 0 Å². The minimum Gasteiger partial charge on any atom is -0.478 e. The molecule has 2 N–H and O–H groups in total. The first-order valence-corrected chi connectivity index (χ1v) is 5.33. The Bertz CT molecular complexity index is 492. The smallest absolute Gasteiger partial charge is 0.416 e. The monoisotopic (exact) mass is 278 g/mol. The second kappa shape index (κ2) is 6.21. The highest BCUT2D eigenvalue weighted by molar-refractivity contribution is 6.02. The molecule has 0 amide bonds. The van der Waals surface area contributed by atoms with Crippen molar-refractivity contribution < 1.29 is 33.0 Å². The van der Waals surface area contributed by atoms with Crippen molar-refractivity contribution in [1.82, 2.24) is 0 Å². The van der Waals surface area contributed by atoms with Gasteiger partial charge in [-0.05, 0) is 24.6 Å². The van der Waals surface area contributed by atoms with Crippen LogP contribution in [0.25, 0.3) is 0 Å². The van der Waals surface area contributed by atoms with Crippen LogP contribution in [0.4, 0.5) is 13.2 Å². The van der Waals surface area contributed by atoms with Gasteiger partial charge in [0.05, 0.1) is 16.7 Å². The number of benzene rings is 1. The van der Waals surface area contributed by atoms with E-state index in [1.807, 2.05) is 13.8 Å². The van der Waals surface area contributed by atoms with Crippen molar-refractivity contribution >= 4 is 11.9 Å². The van der Waals surface area contributed by atoms with Crippen LogP contribution in [0.1, 0.15) is 45.7 Å². The topological polar surface area (TPSA) is 74.6 Å². The summed E-state index contributed by atoms with van der Waals surface area (Å²) in [6, 6.07) is 1.04. The number of hydrogen-bond acceptors (Lipinski definition) is 2. The van der Waals surface area contributed by atoms with Crippen LogP contribution in [-0.2, 0) is 6.18 Å². The number of carboxylic acid groups (broad SMARTS) is 2. The summed E-state index contributed by atoms with van der Waals surface area (Å²) in [5, 5.41) is 17.4. The van der Waals surface area contributed by atoms with E-state index in [-0.39, 0.29) is 5.56 Å². The molecule has 1 aromatic carbocycles. The number of alkyl halides is 3. The van der Waals surface area contributed by atoms with E-state index >= 15 is 0 Å². The van der Waals surface area contributed by atoms with Crippen LogP contribution in [0.3, 0.4) is 0 Å². The number of aromatic carboxylic acids is 2. The molecule has 0 unspecified atom stereocenters. The summed E-state index contributed by atoms with van der Waals surface area (Å²) in [7, 11) is 0. The van der Waals surface area contributed by atoms with Crippen LogP contribution in [0, 0.1) is 6.92 Å². The van der Waals surface area contributed by atoms with E-state index in [1.165, 1.54) is 0 Å². The van der Waals surface area contributed by atoms with Gasteiger partial charge in [-0.2, -0.15) is 13.2 Å². The molecule has 0 atom stereocenters. The van der Waals surface area contributed by atoms with Gasteiger partial charge in [0, 0.05) is 0 Å². The molecule has 0 aliphatic carbocycles. The molecule has 4 nitrogen and oxygen atoms in total. The van der Waals surface area contributed by atoms with Crippen molar-refractivity contribution in [2.75, 3.05) is 0 Å². The Morgan fingerprint density at radius 3 is 1.68 bits per heavy atom. The second-order valence-corrected chi connectivity index (χ2v) is 3.32. The fourth-order valence-corrected chi connectivity index (χ4v) is 1.37. The predicted molar refractivity (Wildman–Crippen MR) is 61.4 cm³/mol. The summed E-state index contributed by atoms with van der Waals surface area (Å²) in [6.45, 7) is 5.07. The maximum atomic E-state index is 12.5. The number of rotatable bonds is 2. The molecule has 0 aliphatic rings. The summed E-state index contributed by atoms with van der Waals surface area (Å²) >= 11 is 0. The van der Waals surface area contributed by atoms with Crippen LogP contribution in [-0.4, -0.2) is 22.2 Å². The van der Waals surface area contributed by atoms with Crippen LogP contribution in [0.2, 0.25) is 0 Å². The zero-order valence-electron chi connectivity index (χ0n) is 10.5. The summed E-state index contributed by atoms with van der Waals surface area (Å²) in [6.07, 6.45) is -4.72. The quantitative estimate of drug-likeness (QED) is 0.869. The second-order valence-electron chi connectivity index (χ2n) is 3.32. The molecule has 0 radical (unpaired) electrons. The van der Waals surface area contributed by atoms with Crippen molar-refractivity contribution in [1.29, 1.82) is 0 Å². The Labute approximate surface area is 107 Å². The third-order valence-electron chi connectivity index (χ3n) is 2.13. The number of carboxylic acids is 2. The first-order chi connectivity index (χ1) is 8.64. The van der Waals surface area contributed by atoms with Gasteiger partial charge in [0.15, 0.2) is 0 Å². The molecule has 1 rings (SSSR count). The van der Waals surface area contributed by atoms with Gasteiger partial charge in [-0.15, -0.1) is 0 Å². The third kappa shape index (κ3) is 3.97. The Kier molecular flexibility index (Phi) is 5.54. The molecule has 0 heterocycles. The lowest BCUT2D eigenvalue weighted by Crippen LogP contribution is -2.14. The maximum absolute atomic E-state index is 12.5. The molecule has 0 saturated carbocycles. The normalized spacial score (nSPS) is 10.4. The van der Waals surface area contributed by atoms with Crippen LogP contribution in [0.5, 0.6) is 0 Å². The van der Waals surface area contributed by atoms with Gasteiger partial charge in [-0.3, -0.25) is 0 Å². The largest absolute Gasteiger partial charge is 0.478 e. The molecular weight excluding hydrogens is 265 g/mol. The molecule has 0 spiro atoms. The average Bonchev–Trinajstić information content (AvgIpc) is 2.29. The Morgan fingerprint density at radius 2 is 1.37 bits per heavy atom. The lowest BCUT2D eigenvalue weighted by Gasteiger charge is -2.12. The van der Waals surface area contributed by atoms with Gasteiger partial charge in [0.2, 0.25) is 0 Å². The fraction of sp³-hybridized carbons (Fsp3) is 0.333. The van der Waals surface area contributed by atoms with E-state index in [4.69, 9.17) is 10.2 Å². The lowest BCUT2D eigenvalue weighted by atomic mass is 9.99. The molecule has 0 saturated heterocycles. The van der Waals surface area contributed by atoms with E-state index in [0.29, 0.717) is 12.1 Å². The van der Waals surface area contributed by atoms with Crippen molar-refractivity contribution in [3.8, 4) is 0 Å². The van der Waals surface area contributed by atoms with Crippen molar-refractivity contribution in [3.05, 3.63) is 34.4 Å². The summed E-state index contributed by atoms with van der Waals surface area (Å²) in [5.74, 6) is -3.30. The highest BCUT2D eigenvalue weighted by Gasteiger charge is 2.34. The van der Waals surface area contributed by atoms with Gasteiger partial charge < -0.3 is 10.2 Å². The molecule has 7 heteroatoms. The first-order valence-electron chi connectivity index (χ1n) is 5.33. The molecular formula is C12H13F3O4. The van der Waals surface area contributed by atoms with E-state index in [1.54, 1.807) is 0 Å². The summed E-state index contributed by atoms with van der Waals surface area (Å²) in [4.78, 5) is 21.4.